The van der Waals surface area contributed by atoms with Crippen molar-refractivity contribution >= 4 is 40.8 Å². The number of urea groups is 1. The van der Waals surface area contributed by atoms with Gasteiger partial charge in [0, 0.05) is 11.9 Å². The molecule has 11 heteroatoms. The number of halogens is 4. The molecule has 162 valence electrons. The Morgan fingerprint density at radius 1 is 1.12 bits per heavy atom. The van der Waals surface area contributed by atoms with Gasteiger partial charge in [0.2, 0.25) is 5.88 Å². The van der Waals surface area contributed by atoms with E-state index in [1.807, 2.05) is 11.4 Å². The summed E-state index contributed by atoms with van der Waals surface area (Å²) in [5.41, 5.74) is 0.0736. The zero-order chi connectivity index (χ0) is 23.4. The minimum atomic E-state index is -1.27. The van der Waals surface area contributed by atoms with Crippen molar-refractivity contribution in [1.29, 1.82) is 5.26 Å². The Bertz CT molecular complexity index is 1240. The second kappa shape index (κ2) is 9.60. The van der Waals surface area contributed by atoms with E-state index < -0.39 is 29.1 Å². The second-order valence-electron chi connectivity index (χ2n) is 6.35. The molecular formula is C21H12Cl2F2N4O3. The summed E-state index contributed by atoms with van der Waals surface area (Å²) in [6.07, 6.45) is 1.49. The van der Waals surface area contributed by atoms with E-state index in [1.165, 1.54) is 18.3 Å². The lowest BCUT2D eigenvalue weighted by atomic mass is 10.2. The fourth-order valence-electron chi connectivity index (χ4n) is 2.59. The molecule has 1 heterocycles. The standard InChI is InChI=1S/C21H12Cl2F2N4O3/c1-10-5-11(8-26)20(27-9-10)32-18-13(22)6-12(7-14(18)23)28-21(31)29-19(30)17-15(24)3-2-4-16(17)25/h2-7,9H,1H3,(H2,28,29,30,31). The maximum absolute atomic E-state index is 13.7. The van der Waals surface area contributed by atoms with Crippen LogP contribution in [-0.4, -0.2) is 16.9 Å². The number of hydrogen-bond acceptors (Lipinski definition) is 5. The van der Waals surface area contributed by atoms with E-state index in [0.717, 1.165) is 23.8 Å². The van der Waals surface area contributed by atoms with Crippen molar-refractivity contribution < 1.29 is 23.1 Å². The van der Waals surface area contributed by atoms with E-state index in [9.17, 15) is 23.6 Å². The molecule has 0 fully saturated rings. The average Bonchev–Trinajstić information content (AvgIpc) is 2.71. The Morgan fingerprint density at radius 3 is 2.34 bits per heavy atom. The van der Waals surface area contributed by atoms with E-state index in [0.29, 0.717) is 0 Å². The summed E-state index contributed by atoms with van der Waals surface area (Å²) in [5.74, 6) is -3.55. The molecule has 0 unspecified atom stereocenters. The van der Waals surface area contributed by atoms with Crippen molar-refractivity contribution in [2.75, 3.05) is 5.32 Å². The molecule has 0 bridgehead atoms. The number of nitrogens with one attached hydrogen (secondary N) is 2. The number of carbonyl (C=O) groups excluding carboxylic acids is 2. The number of pyridine rings is 1. The minimum absolute atomic E-state index is 0.0159. The van der Waals surface area contributed by atoms with E-state index in [1.54, 1.807) is 13.0 Å². The van der Waals surface area contributed by atoms with E-state index >= 15 is 0 Å². The van der Waals surface area contributed by atoms with Gasteiger partial charge in [-0.3, -0.25) is 10.1 Å². The molecule has 0 atom stereocenters. The van der Waals surface area contributed by atoms with Gasteiger partial charge >= 0.3 is 6.03 Å². The predicted octanol–water partition coefficient (Wildman–Crippen LogP) is 5.60. The Morgan fingerprint density at radius 2 is 1.75 bits per heavy atom. The Hall–Kier alpha value is -3.74. The van der Waals surface area contributed by atoms with Gasteiger partial charge in [0.05, 0.1) is 10.0 Å². The molecule has 3 amide bonds. The maximum Gasteiger partial charge on any atom is 0.326 e. The van der Waals surface area contributed by atoms with Gasteiger partial charge in [0.25, 0.3) is 5.91 Å². The van der Waals surface area contributed by atoms with Gasteiger partial charge < -0.3 is 10.1 Å². The van der Waals surface area contributed by atoms with E-state index in [4.69, 9.17) is 27.9 Å². The van der Waals surface area contributed by atoms with Gasteiger partial charge in [-0.1, -0.05) is 29.3 Å². The van der Waals surface area contributed by atoms with E-state index in [-0.39, 0.29) is 32.9 Å². The van der Waals surface area contributed by atoms with Gasteiger partial charge in [-0.05, 0) is 42.8 Å². The van der Waals surface area contributed by atoms with Crippen LogP contribution < -0.4 is 15.4 Å². The molecule has 0 aliphatic rings. The lowest BCUT2D eigenvalue weighted by Gasteiger charge is -2.13. The summed E-state index contributed by atoms with van der Waals surface area (Å²) in [4.78, 5) is 28.1. The number of amides is 3. The molecule has 32 heavy (non-hydrogen) atoms. The Balaban J connectivity index is 1.76. The Labute approximate surface area is 190 Å². The molecule has 2 aromatic carbocycles. The number of imide groups is 1. The van der Waals surface area contributed by atoms with E-state index in [2.05, 4.69) is 10.3 Å². The van der Waals surface area contributed by atoms with Gasteiger partial charge in [0.1, 0.15) is 28.8 Å². The highest BCUT2D eigenvalue weighted by atomic mass is 35.5. The first kappa shape index (κ1) is 22.9. The lowest BCUT2D eigenvalue weighted by Crippen LogP contribution is -2.35. The Kier molecular flexibility index (Phi) is 6.88. The molecule has 7 nitrogen and oxygen atoms in total. The third-order valence-electron chi connectivity index (χ3n) is 3.98. The molecule has 0 aliphatic carbocycles. The third-order valence-corrected chi connectivity index (χ3v) is 4.54. The first-order valence-electron chi connectivity index (χ1n) is 8.79. The zero-order valence-corrected chi connectivity index (χ0v) is 17.7. The highest BCUT2D eigenvalue weighted by Crippen LogP contribution is 2.39. The largest absolute Gasteiger partial charge is 0.435 e. The highest BCUT2D eigenvalue weighted by Gasteiger charge is 2.20. The lowest BCUT2D eigenvalue weighted by molar-refractivity contribution is 0.0959. The number of carbonyl (C=O) groups is 2. The monoisotopic (exact) mass is 476 g/mol. The van der Waals surface area contributed by atoms with Gasteiger partial charge in [-0.25, -0.2) is 18.6 Å². The number of nitrogens with zero attached hydrogens (tertiary/aromatic N) is 2. The quantitative estimate of drug-likeness (QED) is 0.509. The van der Waals surface area contributed by atoms with Crippen molar-refractivity contribution in [3.63, 3.8) is 0 Å². The zero-order valence-electron chi connectivity index (χ0n) is 16.2. The molecule has 0 saturated heterocycles. The molecule has 3 aromatic rings. The second-order valence-corrected chi connectivity index (χ2v) is 7.17. The van der Waals surface area contributed by atoms with Crippen LogP contribution in [0.1, 0.15) is 21.5 Å². The van der Waals surface area contributed by atoms with Crippen molar-refractivity contribution in [1.82, 2.24) is 10.3 Å². The van der Waals surface area contributed by atoms with Gasteiger partial charge in [-0.2, -0.15) is 5.26 Å². The number of anilines is 1. The molecule has 2 N–H and O–H groups in total. The summed E-state index contributed by atoms with van der Waals surface area (Å²) >= 11 is 12.4. The molecule has 0 aliphatic heterocycles. The smallest absolute Gasteiger partial charge is 0.326 e. The number of rotatable bonds is 4. The molecule has 0 saturated carbocycles. The van der Waals surface area contributed by atoms with Crippen LogP contribution in [0.5, 0.6) is 11.6 Å². The van der Waals surface area contributed by atoms with Crippen LogP contribution in [0.2, 0.25) is 10.0 Å². The number of aryl methyl sites for hydroxylation is 1. The van der Waals surface area contributed by atoms with Crippen LogP contribution in [0.15, 0.2) is 42.6 Å². The van der Waals surface area contributed by atoms with Crippen LogP contribution in [-0.2, 0) is 0 Å². The maximum atomic E-state index is 13.7. The number of nitriles is 1. The van der Waals surface area contributed by atoms with Crippen LogP contribution in [0.4, 0.5) is 19.3 Å². The van der Waals surface area contributed by atoms with Crippen molar-refractivity contribution in [2.45, 2.75) is 6.92 Å². The average molecular weight is 477 g/mol. The number of benzene rings is 2. The number of aromatic nitrogens is 1. The highest BCUT2D eigenvalue weighted by molar-refractivity contribution is 6.37. The first-order valence-corrected chi connectivity index (χ1v) is 9.55. The van der Waals surface area contributed by atoms with Crippen LogP contribution >= 0.6 is 23.2 Å². The third kappa shape index (κ3) is 5.11. The van der Waals surface area contributed by atoms with Crippen molar-refractivity contribution in [2.24, 2.45) is 0 Å². The topological polar surface area (TPSA) is 104 Å². The molecule has 1 aromatic heterocycles. The van der Waals surface area contributed by atoms with Gasteiger partial charge in [-0.15, -0.1) is 0 Å². The van der Waals surface area contributed by atoms with Crippen LogP contribution in [0, 0.1) is 29.9 Å². The fraction of sp³-hybridized carbons (Fsp3) is 0.0476. The van der Waals surface area contributed by atoms with Crippen LogP contribution in [0.25, 0.3) is 0 Å². The molecule has 0 radical (unpaired) electrons. The number of ether oxygens (including phenoxy) is 1. The summed E-state index contributed by atoms with van der Waals surface area (Å²) in [6, 6.07) is 7.81. The fourth-order valence-corrected chi connectivity index (χ4v) is 3.15. The first-order chi connectivity index (χ1) is 15.2. The number of hydrogen-bond donors (Lipinski definition) is 2. The summed E-state index contributed by atoms with van der Waals surface area (Å²) < 4.78 is 32.9. The van der Waals surface area contributed by atoms with Gasteiger partial charge in [0.15, 0.2) is 5.75 Å². The van der Waals surface area contributed by atoms with Crippen molar-refractivity contribution in [3.8, 4) is 17.7 Å². The summed E-state index contributed by atoms with van der Waals surface area (Å²) in [6.45, 7) is 1.76. The molecular weight excluding hydrogens is 465 g/mol. The van der Waals surface area contributed by atoms with Crippen molar-refractivity contribution in [3.05, 3.63) is 81.0 Å². The SMILES string of the molecule is Cc1cnc(Oc2c(Cl)cc(NC(=O)NC(=O)c3c(F)cccc3F)cc2Cl)c(C#N)c1. The minimum Gasteiger partial charge on any atom is -0.435 e. The van der Waals surface area contributed by atoms with Crippen LogP contribution in [0.3, 0.4) is 0 Å². The predicted molar refractivity (Wildman–Crippen MR) is 113 cm³/mol. The normalized spacial score (nSPS) is 10.2. The molecule has 3 rings (SSSR count). The summed E-state index contributed by atoms with van der Waals surface area (Å²) in [7, 11) is 0. The summed E-state index contributed by atoms with van der Waals surface area (Å²) in [5, 5.41) is 13.2. The molecule has 0 spiro atoms.